The highest BCUT2D eigenvalue weighted by atomic mass is 32.2. The Kier molecular flexibility index (Phi) is 9.58. The number of aliphatic hydroxyl groups is 1. The maximum absolute atomic E-state index is 12.6. The van der Waals surface area contributed by atoms with E-state index in [1.54, 1.807) is 16.4 Å². The van der Waals surface area contributed by atoms with Crippen LogP contribution in [0.4, 0.5) is 0 Å². The minimum Gasteiger partial charge on any atom is -0.396 e. The van der Waals surface area contributed by atoms with Crippen LogP contribution in [0.1, 0.15) is 58.4 Å². The Morgan fingerprint density at radius 2 is 1.73 bits per heavy atom. The van der Waals surface area contributed by atoms with E-state index in [-0.39, 0.29) is 12.0 Å². The van der Waals surface area contributed by atoms with Crippen LogP contribution < -0.4 is 10.6 Å². The maximum atomic E-state index is 12.6. The van der Waals surface area contributed by atoms with Gasteiger partial charge in [-0.1, -0.05) is 26.0 Å². The van der Waals surface area contributed by atoms with Crippen molar-refractivity contribution in [1.82, 2.24) is 14.9 Å². The van der Waals surface area contributed by atoms with E-state index in [1.165, 1.54) is 0 Å². The molecule has 1 aliphatic rings. The van der Waals surface area contributed by atoms with E-state index >= 15 is 0 Å². The Morgan fingerprint density at radius 1 is 1.10 bits per heavy atom. The summed E-state index contributed by atoms with van der Waals surface area (Å²) in [5, 5.41) is 16.1. The lowest BCUT2D eigenvalue weighted by Crippen LogP contribution is -2.43. The van der Waals surface area contributed by atoms with Crippen LogP contribution in [0, 0.1) is 5.41 Å². The summed E-state index contributed by atoms with van der Waals surface area (Å²) in [5.74, 6) is 0.732. The molecule has 0 unspecified atom stereocenters. The van der Waals surface area contributed by atoms with Crippen LogP contribution in [0.3, 0.4) is 0 Å². The molecule has 0 bridgehead atoms. The summed E-state index contributed by atoms with van der Waals surface area (Å²) < 4.78 is 26.9. The van der Waals surface area contributed by atoms with E-state index < -0.39 is 10.0 Å². The van der Waals surface area contributed by atoms with Gasteiger partial charge in [0.1, 0.15) is 0 Å². The topological polar surface area (TPSA) is 94.0 Å². The summed E-state index contributed by atoms with van der Waals surface area (Å²) in [4.78, 5) is 5.01. The van der Waals surface area contributed by atoms with Gasteiger partial charge in [-0.25, -0.2) is 13.4 Å². The Bertz CT molecular complexity index is 768. The van der Waals surface area contributed by atoms with Gasteiger partial charge in [-0.05, 0) is 62.1 Å². The standard InChI is InChI=1S/C22H38N4O3S/c1-4-22(5-2,13-16-27)18-25-21(23-6-3)24-17-19-9-11-20(12-10-19)30(28,29)26-14-7-8-15-26/h9-12,27H,4-8,13-18H2,1-3H3,(H2,23,24,25). The molecule has 0 aromatic heterocycles. The summed E-state index contributed by atoms with van der Waals surface area (Å²) in [7, 11) is -3.38. The number of hydrogen-bond acceptors (Lipinski definition) is 4. The van der Waals surface area contributed by atoms with Gasteiger partial charge in [0.25, 0.3) is 0 Å². The molecule has 1 aromatic rings. The van der Waals surface area contributed by atoms with E-state index in [0.717, 1.165) is 56.7 Å². The summed E-state index contributed by atoms with van der Waals surface area (Å²) in [6.07, 6.45) is 4.61. The Hall–Kier alpha value is -1.64. The van der Waals surface area contributed by atoms with Crippen molar-refractivity contribution in [2.75, 3.05) is 32.8 Å². The monoisotopic (exact) mass is 438 g/mol. The zero-order valence-corrected chi connectivity index (χ0v) is 19.5. The fraction of sp³-hybridized carbons (Fsp3) is 0.682. The zero-order valence-electron chi connectivity index (χ0n) is 18.7. The second-order valence-electron chi connectivity index (χ2n) is 7.98. The summed E-state index contributed by atoms with van der Waals surface area (Å²) in [6, 6.07) is 7.03. The second-order valence-corrected chi connectivity index (χ2v) is 9.92. The average molecular weight is 439 g/mol. The van der Waals surface area contributed by atoms with Gasteiger partial charge in [-0.2, -0.15) is 4.31 Å². The summed E-state index contributed by atoms with van der Waals surface area (Å²) >= 11 is 0. The Morgan fingerprint density at radius 3 is 2.27 bits per heavy atom. The lowest BCUT2D eigenvalue weighted by atomic mass is 9.79. The Balaban J connectivity index is 2.03. The third-order valence-electron chi connectivity index (χ3n) is 6.16. The molecule has 30 heavy (non-hydrogen) atoms. The number of aliphatic hydroxyl groups excluding tert-OH is 1. The average Bonchev–Trinajstić information content (AvgIpc) is 3.31. The quantitative estimate of drug-likeness (QED) is 0.365. The van der Waals surface area contributed by atoms with E-state index in [0.29, 0.717) is 24.5 Å². The molecule has 0 atom stereocenters. The fourth-order valence-corrected chi connectivity index (χ4v) is 5.32. The lowest BCUT2D eigenvalue weighted by Gasteiger charge is -2.32. The molecule has 1 heterocycles. The predicted octanol–water partition coefficient (Wildman–Crippen LogP) is 2.72. The smallest absolute Gasteiger partial charge is 0.243 e. The molecule has 1 aromatic carbocycles. The van der Waals surface area contributed by atoms with Gasteiger partial charge < -0.3 is 15.7 Å². The number of benzene rings is 1. The van der Waals surface area contributed by atoms with Gasteiger partial charge in [0.15, 0.2) is 5.96 Å². The van der Waals surface area contributed by atoms with Crippen molar-refractivity contribution in [1.29, 1.82) is 0 Å². The number of guanidine groups is 1. The lowest BCUT2D eigenvalue weighted by molar-refractivity contribution is 0.169. The summed E-state index contributed by atoms with van der Waals surface area (Å²) in [5.41, 5.74) is 1.01. The van der Waals surface area contributed by atoms with Gasteiger partial charge in [-0.15, -0.1) is 0 Å². The molecule has 1 fully saturated rings. The molecule has 0 aliphatic carbocycles. The van der Waals surface area contributed by atoms with Gasteiger partial charge in [0.2, 0.25) is 10.0 Å². The normalized spacial score (nSPS) is 16.1. The molecule has 2 rings (SSSR count). The molecular formula is C22H38N4O3S. The minimum absolute atomic E-state index is 0.0521. The van der Waals surface area contributed by atoms with Crippen LogP contribution in [0.15, 0.2) is 34.2 Å². The molecular weight excluding hydrogens is 400 g/mol. The van der Waals surface area contributed by atoms with Gasteiger partial charge in [0, 0.05) is 32.8 Å². The van der Waals surface area contributed by atoms with Crippen LogP contribution in [0.25, 0.3) is 0 Å². The molecule has 8 heteroatoms. The molecule has 170 valence electrons. The number of hydrogen-bond donors (Lipinski definition) is 3. The molecule has 3 N–H and O–H groups in total. The first-order valence-corrected chi connectivity index (χ1v) is 12.6. The summed E-state index contributed by atoms with van der Waals surface area (Å²) in [6.45, 7) is 9.71. The van der Waals surface area contributed by atoms with Crippen molar-refractivity contribution in [2.45, 2.75) is 64.3 Å². The first kappa shape index (κ1) is 24.6. The molecule has 0 amide bonds. The third-order valence-corrected chi connectivity index (χ3v) is 8.08. The molecule has 7 nitrogen and oxygen atoms in total. The molecule has 0 radical (unpaired) electrons. The van der Waals surface area contributed by atoms with Crippen molar-refractivity contribution in [3.63, 3.8) is 0 Å². The van der Waals surface area contributed by atoms with E-state index in [4.69, 9.17) is 0 Å². The minimum atomic E-state index is -3.38. The third kappa shape index (κ3) is 6.43. The van der Waals surface area contributed by atoms with Crippen molar-refractivity contribution in [3.05, 3.63) is 29.8 Å². The number of nitrogens with one attached hydrogen (secondary N) is 2. The first-order valence-electron chi connectivity index (χ1n) is 11.1. The van der Waals surface area contributed by atoms with Crippen LogP contribution in [-0.4, -0.2) is 56.6 Å². The van der Waals surface area contributed by atoms with Crippen LogP contribution in [0.2, 0.25) is 0 Å². The van der Waals surface area contributed by atoms with Crippen LogP contribution in [-0.2, 0) is 16.6 Å². The van der Waals surface area contributed by atoms with Crippen LogP contribution in [0.5, 0.6) is 0 Å². The van der Waals surface area contributed by atoms with Gasteiger partial charge in [-0.3, -0.25) is 0 Å². The SMILES string of the molecule is CCNC(=NCc1ccc(S(=O)(=O)N2CCCC2)cc1)NCC(CC)(CC)CCO. The van der Waals surface area contributed by atoms with Crippen molar-refractivity contribution in [3.8, 4) is 0 Å². The van der Waals surface area contributed by atoms with Gasteiger partial charge in [0.05, 0.1) is 11.4 Å². The molecule has 1 aliphatic heterocycles. The highest BCUT2D eigenvalue weighted by Crippen LogP contribution is 2.29. The van der Waals surface area contributed by atoms with Crippen molar-refractivity contribution >= 4 is 16.0 Å². The molecule has 0 spiro atoms. The van der Waals surface area contributed by atoms with E-state index in [2.05, 4.69) is 29.5 Å². The predicted molar refractivity (Wildman–Crippen MR) is 122 cm³/mol. The maximum Gasteiger partial charge on any atom is 0.243 e. The van der Waals surface area contributed by atoms with Crippen molar-refractivity contribution < 1.29 is 13.5 Å². The Labute approximate surface area is 182 Å². The first-order chi connectivity index (χ1) is 14.4. The number of sulfonamides is 1. The van der Waals surface area contributed by atoms with E-state index in [1.807, 2.05) is 19.1 Å². The highest BCUT2D eigenvalue weighted by molar-refractivity contribution is 7.89. The number of aliphatic imine (C=N–C) groups is 1. The highest BCUT2D eigenvalue weighted by Gasteiger charge is 2.27. The van der Waals surface area contributed by atoms with Gasteiger partial charge >= 0.3 is 0 Å². The number of nitrogens with zero attached hydrogens (tertiary/aromatic N) is 2. The largest absolute Gasteiger partial charge is 0.396 e. The zero-order chi connectivity index (χ0) is 22.0. The molecule has 1 saturated heterocycles. The second kappa shape index (κ2) is 11.7. The fourth-order valence-electron chi connectivity index (χ4n) is 3.81. The molecule has 0 saturated carbocycles. The van der Waals surface area contributed by atoms with Crippen LogP contribution >= 0.6 is 0 Å². The van der Waals surface area contributed by atoms with E-state index in [9.17, 15) is 13.5 Å². The van der Waals surface area contributed by atoms with Crippen molar-refractivity contribution in [2.24, 2.45) is 10.4 Å². The number of rotatable bonds is 11.